The SMILES string of the molecule is CC(C)Cc1nc(Br)nn1C. The van der Waals surface area contributed by atoms with Gasteiger partial charge in [-0.3, -0.25) is 4.68 Å². The van der Waals surface area contributed by atoms with Crippen LogP contribution in [0.25, 0.3) is 0 Å². The summed E-state index contributed by atoms with van der Waals surface area (Å²) in [6.45, 7) is 4.34. The molecule has 62 valence electrons. The summed E-state index contributed by atoms with van der Waals surface area (Å²) in [6.07, 6.45) is 0.981. The smallest absolute Gasteiger partial charge is 0.217 e. The zero-order valence-electron chi connectivity index (χ0n) is 7.00. The van der Waals surface area contributed by atoms with Crippen LogP contribution in [-0.4, -0.2) is 14.8 Å². The Hall–Kier alpha value is -0.380. The van der Waals surface area contributed by atoms with Gasteiger partial charge in [0.15, 0.2) is 0 Å². The van der Waals surface area contributed by atoms with Crippen LogP contribution < -0.4 is 0 Å². The van der Waals surface area contributed by atoms with Crippen LogP contribution in [0.5, 0.6) is 0 Å². The lowest BCUT2D eigenvalue weighted by Gasteiger charge is -2.01. The summed E-state index contributed by atoms with van der Waals surface area (Å²) in [6, 6.07) is 0. The fraction of sp³-hybridized carbons (Fsp3) is 0.714. The molecular weight excluding hydrogens is 206 g/mol. The van der Waals surface area contributed by atoms with Crippen molar-refractivity contribution < 1.29 is 0 Å². The van der Waals surface area contributed by atoms with E-state index in [9.17, 15) is 0 Å². The Morgan fingerprint density at radius 1 is 1.55 bits per heavy atom. The van der Waals surface area contributed by atoms with Crippen molar-refractivity contribution in [2.24, 2.45) is 13.0 Å². The molecule has 0 aliphatic heterocycles. The van der Waals surface area contributed by atoms with Crippen LogP contribution in [0.15, 0.2) is 4.73 Å². The molecule has 0 fully saturated rings. The van der Waals surface area contributed by atoms with E-state index >= 15 is 0 Å². The molecule has 0 aromatic carbocycles. The second kappa shape index (κ2) is 3.34. The average molecular weight is 218 g/mol. The van der Waals surface area contributed by atoms with Crippen molar-refractivity contribution in [3.05, 3.63) is 10.6 Å². The molecule has 1 rings (SSSR count). The number of nitrogens with zero attached hydrogens (tertiary/aromatic N) is 3. The van der Waals surface area contributed by atoms with E-state index in [1.54, 1.807) is 0 Å². The van der Waals surface area contributed by atoms with E-state index < -0.39 is 0 Å². The van der Waals surface area contributed by atoms with Gasteiger partial charge in [-0.15, -0.1) is 5.10 Å². The van der Waals surface area contributed by atoms with E-state index in [1.807, 2.05) is 11.7 Å². The quantitative estimate of drug-likeness (QED) is 0.757. The molecular formula is C7H12BrN3. The lowest BCUT2D eigenvalue weighted by Crippen LogP contribution is -2.03. The third-order valence-electron chi connectivity index (χ3n) is 1.42. The van der Waals surface area contributed by atoms with E-state index in [4.69, 9.17) is 0 Å². The Kier molecular flexibility index (Phi) is 2.65. The van der Waals surface area contributed by atoms with Crippen LogP contribution in [-0.2, 0) is 13.5 Å². The van der Waals surface area contributed by atoms with Gasteiger partial charge in [0.25, 0.3) is 0 Å². The molecule has 11 heavy (non-hydrogen) atoms. The number of hydrogen-bond acceptors (Lipinski definition) is 2. The van der Waals surface area contributed by atoms with Crippen molar-refractivity contribution in [2.75, 3.05) is 0 Å². The van der Waals surface area contributed by atoms with E-state index in [0.717, 1.165) is 12.2 Å². The Morgan fingerprint density at radius 3 is 2.55 bits per heavy atom. The van der Waals surface area contributed by atoms with Gasteiger partial charge in [0.05, 0.1) is 0 Å². The Morgan fingerprint density at radius 2 is 2.18 bits per heavy atom. The molecule has 0 bridgehead atoms. The van der Waals surface area contributed by atoms with Crippen LogP contribution in [0.1, 0.15) is 19.7 Å². The van der Waals surface area contributed by atoms with E-state index in [2.05, 4.69) is 39.9 Å². The third kappa shape index (κ3) is 2.29. The first-order chi connectivity index (χ1) is 5.09. The molecule has 0 saturated heterocycles. The number of aryl methyl sites for hydroxylation is 1. The van der Waals surface area contributed by atoms with Crippen LogP contribution in [0.3, 0.4) is 0 Å². The zero-order chi connectivity index (χ0) is 8.43. The minimum Gasteiger partial charge on any atom is -0.252 e. The summed E-state index contributed by atoms with van der Waals surface area (Å²) in [4.78, 5) is 4.22. The molecule has 0 amide bonds. The van der Waals surface area contributed by atoms with Crippen LogP contribution in [0, 0.1) is 5.92 Å². The highest BCUT2D eigenvalue weighted by Crippen LogP contribution is 2.08. The molecule has 0 aliphatic rings. The Balaban J connectivity index is 2.77. The largest absolute Gasteiger partial charge is 0.252 e. The fourth-order valence-corrected chi connectivity index (χ4v) is 1.37. The second-order valence-electron chi connectivity index (χ2n) is 3.02. The maximum absolute atomic E-state index is 4.22. The number of hydrogen-bond donors (Lipinski definition) is 0. The van der Waals surface area contributed by atoms with Crippen molar-refractivity contribution in [1.29, 1.82) is 0 Å². The lowest BCUT2D eigenvalue weighted by molar-refractivity contribution is 0.584. The molecule has 0 radical (unpaired) electrons. The van der Waals surface area contributed by atoms with Crippen molar-refractivity contribution in [3.8, 4) is 0 Å². The molecule has 0 aliphatic carbocycles. The van der Waals surface area contributed by atoms with E-state index in [0.29, 0.717) is 10.7 Å². The first-order valence-corrected chi connectivity index (χ1v) is 4.44. The van der Waals surface area contributed by atoms with Crippen molar-refractivity contribution >= 4 is 15.9 Å². The topological polar surface area (TPSA) is 30.7 Å². The van der Waals surface area contributed by atoms with Gasteiger partial charge < -0.3 is 0 Å². The minimum atomic E-state index is 0.629. The highest BCUT2D eigenvalue weighted by Gasteiger charge is 2.05. The van der Waals surface area contributed by atoms with Crippen molar-refractivity contribution in [3.63, 3.8) is 0 Å². The summed E-state index contributed by atoms with van der Waals surface area (Å²) < 4.78 is 2.49. The summed E-state index contributed by atoms with van der Waals surface area (Å²) in [5.41, 5.74) is 0. The molecule has 4 heteroatoms. The minimum absolute atomic E-state index is 0.629. The summed E-state index contributed by atoms with van der Waals surface area (Å²) >= 11 is 3.23. The van der Waals surface area contributed by atoms with Crippen molar-refractivity contribution in [2.45, 2.75) is 20.3 Å². The fourth-order valence-electron chi connectivity index (χ4n) is 0.926. The van der Waals surface area contributed by atoms with Gasteiger partial charge in [0.1, 0.15) is 5.82 Å². The predicted octanol–water partition coefficient (Wildman–Crippen LogP) is 1.78. The third-order valence-corrected chi connectivity index (χ3v) is 1.75. The summed E-state index contributed by atoms with van der Waals surface area (Å²) in [5.74, 6) is 1.66. The van der Waals surface area contributed by atoms with Crippen LogP contribution >= 0.6 is 15.9 Å². The summed E-state index contributed by atoms with van der Waals surface area (Å²) in [5, 5.41) is 4.09. The standard InChI is InChI=1S/C7H12BrN3/c1-5(2)4-6-9-7(8)10-11(6)3/h5H,4H2,1-3H3. The molecule has 3 nitrogen and oxygen atoms in total. The van der Waals surface area contributed by atoms with E-state index in [1.165, 1.54) is 0 Å². The number of rotatable bonds is 2. The zero-order valence-corrected chi connectivity index (χ0v) is 8.59. The highest BCUT2D eigenvalue weighted by molar-refractivity contribution is 9.10. The molecule has 1 aromatic heterocycles. The normalized spacial score (nSPS) is 11.0. The van der Waals surface area contributed by atoms with Gasteiger partial charge in [-0.05, 0) is 21.8 Å². The van der Waals surface area contributed by atoms with E-state index in [-0.39, 0.29) is 0 Å². The maximum atomic E-state index is 4.22. The molecule has 0 saturated carbocycles. The van der Waals surface area contributed by atoms with Gasteiger partial charge in [0.2, 0.25) is 4.73 Å². The molecule has 1 heterocycles. The van der Waals surface area contributed by atoms with Crippen molar-refractivity contribution in [1.82, 2.24) is 14.8 Å². The Bertz CT molecular complexity index is 242. The predicted molar refractivity (Wildman–Crippen MR) is 47.2 cm³/mol. The molecule has 0 N–H and O–H groups in total. The first-order valence-electron chi connectivity index (χ1n) is 3.65. The van der Waals surface area contributed by atoms with Gasteiger partial charge >= 0.3 is 0 Å². The lowest BCUT2D eigenvalue weighted by atomic mass is 10.1. The molecule has 0 spiro atoms. The number of halogens is 1. The van der Waals surface area contributed by atoms with Gasteiger partial charge in [-0.25, -0.2) is 4.98 Å². The van der Waals surface area contributed by atoms with Gasteiger partial charge in [0, 0.05) is 13.5 Å². The second-order valence-corrected chi connectivity index (χ2v) is 3.73. The van der Waals surface area contributed by atoms with Crippen LogP contribution in [0.4, 0.5) is 0 Å². The first kappa shape index (κ1) is 8.71. The molecule has 0 atom stereocenters. The molecule has 0 unspecified atom stereocenters. The van der Waals surface area contributed by atoms with Gasteiger partial charge in [-0.2, -0.15) is 0 Å². The maximum Gasteiger partial charge on any atom is 0.217 e. The molecule has 1 aromatic rings. The van der Waals surface area contributed by atoms with Gasteiger partial charge in [-0.1, -0.05) is 13.8 Å². The average Bonchev–Trinajstić information content (AvgIpc) is 2.09. The summed E-state index contributed by atoms with van der Waals surface area (Å²) in [7, 11) is 1.91. The number of aromatic nitrogens is 3. The monoisotopic (exact) mass is 217 g/mol. The Labute approximate surface area is 75.0 Å². The highest BCUT2D eigenvalue weighted by atomic mass is 79.9. The van der Waals surface area contributed by atoms with Crippen LogP contribution in [0.2, 0.25) is 0 Å².